The molecule has 2 aromatic carbocycles. The minimum Gasteiger partial charge on any atom is -0.308 e. The minimum atomic E-state index is -0.618. The molecule has 1 aliphatic heterocycles. The highest BCUT2D eigenvalue weighted by atomic mass is 35.5. The van der Waals surface area contributed by atoms with Crippen LogP contribution in [0.2, 0.25) is 10.0 Å². The van der Waals surface area contributed by atoms with Gasteiger partial charge in [-0.15, -0.1) is 0 Å². The van der Waals surface area contributed by atoms with Gasteiger partial charge in [-0.3, -0.25) is 9.69 Å². The molecule has 0 spiro atoms. The number of anilines is 1. The molecule has 1 atom stereocenters. The molecule has 1 amide bonds. The van der Waals surface area contributed by atoms with Gasteiger partial charge in [-0.25, -0.2) is 8.78 Å². The number of benzene rings is 2. The van der Waals surface area contributed by atoms with Crippen LogP contribution in [-0.2, 0) is 11.3 Å². The van der Waals surface area contributed by atoms with Crippen molar-refractivity contribution in [2.75, 3.05) is 18.0 Å². The van der Waals surface area contributed by atoms with Crippen molar-refractivity contribution < 1.29 is 13.6 Å². The van der Waals surface area contributed by atoms with Crippen LogP contribution in [0.4, 0.5) is 14.5 Å². The molecule has 1 saturated heterocycles. The fraction of sp³-hybridized carbons (Fsp3) is 0.278. The average Bonchev–Trinajstić information content (AvgIpc) is 2.55. The Balaban J connectivity index is 1.77. The zero-order valence-electron chi connectivity index (χ0n) is 13.5. The number of hydrogen-bond donors (Lipinski definition) is 0. The van der Waals surface area contributed by atoms with Gasteiger partial charge in [0.15, 0.2) is 0 Å². The quantitative estimate of drug-likeness (QED) is 0.777. The molecule has 0 bridgehead atoms. The summed E-state index contributed by atoms with van der Waals surface area (Å²) in [4.78, 5) is 16.2. The molecular formula is C18H16Cl2F2N2O. The van der Waals surface area contributed by atoms with E-state index in [4.69, 9.17) is 23.2 Å². The van der Waals surface area contributed by atoms with Crippen LogP contribution in [0, 0.1) is 11.6 Å². The van der Waals surface area contributed by atoms with Crippen LogP contribution >= 0.6 is 23.2 Å². The van der Waals surface area contributed by atoms with Crippen molar-refractivity contribution in [3.05, 3.63) is 63.6 Å². The molecule has 7 heteroatoms. The average molecular weight is 385 g/mol. The van der Waals surface area contributed by atoms with E-state index in [-0.39, 0.29) is 12.5 Å². The molecule has 132 valence electrons. The Bertz CT molecular complexity index is 816. The Kier molecular flexibility index (Phi) is 5.27. The van der Waals surface area contributed by atoms with E-state index >= 15 is 0 Å². The van der Waals surface area contributed by atoms with Crippen molar-refractivity contribution in [1.29, 1.82) is 0 Å². The fourth-order valence-electron chi connectivity index (χ4n) is 2.94. The molecule has 0 N–H and O–H groups in total. The minimum absolute atomic E-state index is 0.127. The molecule has 1 heterocycles. The van der Waals surface area contributed by atoms with Crippen LogP contribution in [0.1, 0.15) is 12.5 Å². The highest BCUT2D eigenvalue weighted by Crippen LogP contribution is 2.31. The smallest absolute Gasteiger partial charge is 0.244 e. The lowest BCUT2D eigenvalue weighted by Gasteiger charge is -2.39. The van der Waals surface area contributed by atoms with Crippen LogP contribution in [0.5, 0.6) is 0 Å². The van der Waals surface area contributed by atoms with E-state index in [1.165, 1.54) is 12.1 Å². The largest absolute Gasteiger partial charge is 0.308 e. The van der Waals surface area contributed by atoms with Crippen molar-refractivity contribution in [2.24, 2.45) is 0 Å². The zero-order chi connectivity index (χ0) is 18.1. The first-order valence-corrected chi connectivity index (χ1v) is 8.57. The van der Waals surface area contributed by atoms with Crippen LogP contribution < -0.4 is 4.90 Å². The normalized spacial score (nSPS) is 18.7. The second kappa shape index (κ2) is 7.28. The third kappa shape index (κ3) is 3.78. The lowest BCUT2D eigenvalue weighted by Crippen LogP contribution is -2.55. The molecule has 3 rings (SSSR count). The standard InChI is InChI=1S/C18H16Cl2F2N2O/c1-11-18(25)24(17-5-3-13(19)8-15(17)20)7-6-23(11)10-12-2-4-14(21)9-16(12)22/h2-5,8-9,11H,6-7,10H2,1H3. The van der Waals surface area contributed by atoms with Crippen molar-refractivity contribution in [1.82, 2.24) is 4.90 Å². The maximum absolute atomic E-state index is 13.9. The van der Waals surface area contributed by atoms with E-state index in [2.05, 4.69) is 0 Å². The number of carbonyl (C=O) groups excluding carboxylic acids is 1. The lowest BCUT2D eigenvalue weighted by atomic mass is 10.1. The number of rotatable bonds is 3. The molecule has 1 aliphatic rings. The zero-order valence-corrected chi connectivity index (χ0v) is 15.0. The summed E-state index contributed by atoms with van der Waals surface area (Å²) in [5, 5.41) is 0.908. The first-order chi connectivity index (χ1) is 11.9. The number of amides is 1. The summed E-state index contributed by atoms with van der Waals surface area (Å²) in [6.07, 6.45) is 0. The second-order valence-corrected chi connectivity index (χ2v) is 6.81. The number of piperazine rings is 1. The van der Waals surface area contributed by atoms with Gasteiger partial charge in [-0.2, -0.15) is 0 Å². The number of nitrogens with zero attached hydrogens (tertiary/aromatic N) is 2. The van der Waals surface area contributed by atoms with Crippen molar-refractivity contribution in [3.63, 3.8) is 0 Å². The third-order valence-corrected chi connectivity index (χ3v) is 4.91. The van der Waals surface area contributed by atoms with Gasteiger partial charge in [0.1, 0.15) is 11.6 Å². The van der Waals surface area contributed by atoms with Gasteiger partial charge in [0, 0.05) is 36.3 Å². The van der Waals surface area contributed by atoms with Gasteiger partial charge >= 0.3 is 0 Å². The SMILES string of the molecule is CC1C(=O)N(c2ccc(Cl)cc2Cl)CCN1Cc1ccc(F)cc1F. The van der Waals surface area contributed by atoms with Crippen LogP contribution in [0.3, 0.4) is 0 Å². The predicted molar refractivity (Wildman–Crippen MR) is 95.0 cm³/mol. The first kappa shape index (κ1) is 18.1. The third-order valence-electron chi connectivity index (χ3n) is 4.37. The Hall–Kier alpha value is -1.69. The summed E-state index contributed by atoms with van der Waals surface area (Å²) in [5.41, 5.74) is 0.967. The summed E-state index contributed by atoms with van der Waals surface area (Å²) in [6, 6.07) is 8.01. The fourth-order valence-corrected chi connectivity index (χ4v) is 3.45. The number of hydrogen-bond acceptors (Lipinski definition) is 2. The highest BCUT2D eigenvalue weighted by Gasteiger charge is 2.33. The molecule has 0 aromatic heterocycles. The summed E-state index contributed by atoms with van der Waals surface area (Å²) in [6.45, 7) is 2.97. The molecule has 1 unspecified atom stereocenters. The predicted octanol–water partition coefficient (Wildman–Crippen LogP) is 4.51. The van der Waals surface area contributed by atoms with Crippen LogP contribution in [0.25, 0.3) is 0 Å². The van der Waals surface area contributed by atoms with Gasteiger partial charge < -0.3 is 4.90 Å². The van der Waals surface area contributed by atoms with E-state index in [0.29, 0.717) is 34.4 Å². The van der Waals surface area contributed by atoms with E-state index in [1.54, 1.807) is 30.0 Å². The van der Waals surface area contributed by atoms with Gasteiger partial charge in [0.2, 0.25) is 5.91 Å². The van der Waals surface area contributed by atoms with Gasteiger partial charge in [0.05, 0.1) is 16.8 Å². The van der Waals surface area contributed by atoms with Crippen molar-refractivity contribution >= 4 is 34.8 Å². The first-order valence-electron chi connectivity index (χ1n) is 7.81. The van der Waals surface area contributed by atoms with Crippen molar-refractivity contribution in [3.8, 4) is 0 Å². The maximum atomic E-state index is 13.9. The second-order valence-electron chi connectivity index (χ2n) is 5.97. The van der Waals surface area contributed by atoms with Gasteiger partial charge in [0.25, 0.3) is 0 Å². The molecule has 0 aliphatic carbocycles. The van der Waals surface area contributed by atoms with Crippen molar-refractivity contribution in [2.45, 2.75) is 19.5 Å². The van der Waals surface area contributed by atoms with Crippen LogP contribution in [-0.4, -0.2) is 29.9 Å². The Morgan fingerprint density at radius 2 is 1.88 bits per heavy atom. The summed E-state index contributed by atoms with van der Waals surface area (Å²) >= 11 is 12.1. The molecule has 25 heavy (non-hydrogen) atoms. The van der Waals surface area contributed by atoms with E-state index in [9.17, 15) is 13.6 Å². The molecule has 2 aromatic rings. The number of halogens is 4. The molecule has 3 nitrogen and oxygen atoms in total. The highest BCUT2D eigenvalue weighted by molar-refractivity contribution is 6.36. The Labute approximate surface area is 154 Å². The van der Waals surface area contributed by atoms with E-state index in [1.807, 2.05) is 4.90 Å². The summed E-state index contributed by atoms with van der Waals surface area (Å²) < 4.78 is 26.9. The molecule has 0 saturated carbocycles. The molecule has 0 radical (unpaired) electrons. The van der Waals surface area contributed by atoms with Gasteiger partial charge in [-0.1, -0.05) is 29.3 Å². The number of carbonyl (C=O) groups is 1. The van der Waals surface area contributed by atoms with E-state index in [0.717, 1.165) is 6.07 Å². The maximum Gasteiger partial charge on any atom is 0.244 e. The van der Waals surface area contributed by atoms with Crippen LogP contribution in [0.15, 0.2) is 36.4 Å². The van der Waals surface area contributed by atoms with Gasteiger partial charge in [-0.05, 0) is 31.2 Å². The Morgan fingerprint density at radius 1 is 1.12 bits per heavy atom. The Morgan fingerprint density at radius 3 is 2.56 bits per heavy atom. The summed E-state index contributed by atoms with van der Waals surface area (Å²) in [7, 11) is 0. The lowest BCUT2D eigenvalue weighted by molar-refractivity contribution is -0.125. The monoisotopic (exact) mass is 384 g/mol. The summed E-state index contributed by atoms with van der Waals surface area (Å²) in [5.74, 6) is -1.35. The van der Waals surface area contributed by atoms with E-state index < -0.39 is 17.7 Å². The molecule has 1 fully saturated rings. The topological polar surface area (TPSA) is 23.6 Å². The molecular weight excluding hydrogens is 369 g/mol.